The number of carbonyl (C=O) groups excluding carboxylic acids is 4. The molecule has 0 saturated carbocycles. The number of ether oxygens (including phenoxy) is 2. The van der Waals surface area contributed by atoms with Crippen molar-refractivity contribution in [2.24, 2.45) is 0 Å². The van der Waals surface area contributed by atoms with Crippen molar-refractivity contribution >= 4 is 67.6 Å². The maximum atomic E-state index is 13.3. The van der Waals surface area contributed by atoms with Gasteiger partial charge in [-0.05, 0) is 59.4 Å². The van der Waals surface area contributed by atoms with Crippen molar-refractivity contribution in [3.63, 3.8) is 0 Å². The first-order valence-electron chi connectivity index (χ1n) is 17.4. The average Bonchev–Trinajstić information content (AvgIpc) is 3.38. The number of nitrogens with one attached hydrogen (secondary N) is 2. The Bertz CT molecular complexity index is 1500. The van der Waals surface area contributed by atoms with Gasteiger partial charge in [-0.25, -0.2) is 0 Å². The highest BCUT2D eigenvalue weighted by Crippen LogP contribution is 2.54. The summed E-state index contributed by atoms with van der Waals surface area (Å²) in [6, 6.07) is 12.1. The molecular weight excluding hydrogens is 820 g/mol. The molecule has 0 unspecified atom stereocenters. The monoisotopic (exact) mass is 866 g/mol. The van der Waals surface area contributed by atoms with Gasteiger partial charge in [0.2, 0.25) is 11.8 Å². The van der Waals surface area contributed by atoms with Gasteiger partial charge in [-0.2, -0.15) is 0 Å². The van der Waals surface area contributed by atoms with Crippen molar-refractivity contribution in [3.05, 3.63) is 56.5 Å². The summed E-state index contributed by atoms with van der Waals surface area (Å²) in [5.41, 5.74) is 3.37. The fourth-order valence-corrected chi connectivity index (χ4v) is 7.24. The Kier molecular flexibility index (Phi) is 17.9. The fourth-order valence-electron chi connectivity index (χ4n) is 6.52. The summed E-state index contributed by atoms with van der Waals surface area (Å²) in [6.07, 6.45) is 1.10. The topological polar surface area (TPSA) is 192 Å². The summed E-state index contributed by atoms with van der Waals surface area (Å²) in [5, 5.41) is 24.2. The Balaban J connectivity index is 1.73. The molecule has 4 N–H and O–H groups in total. The number of benzene rings is 2. The summed E-state index contributed by atoms with van der Waals surface area (Å²) in [7, 11) is 2.58. The van der Waals surface area contributed by atoms with E-state index in [2.05, 4.69) is 42.5 Å². The molecule has 3 rings (SSSR count). The van der Waals surface area contributed by atoms with Gasteiger partial charge in [0.15, 0.2) is 0 Å². The molecule has 0 radical (unpaired) electrons. The van der Waals surface area contributed by atoms with E-state index in [0.29, 0.717) is 39.0 Å². The molecule has 0 aliphatic heterocycles. The summed E-state index contributed by atoms with van der Waals surface area (Å²) >= 11 is 7.24. The van der Waals surface area contributed by atoms with Crippen LogP contribution in [-0.2, 0) is 43.7 Å². The predicted octanol–water partition coefficient (Wildman–Crippen LogP) is 3.95. The summed E-state index contributed by atoms with van der Waals surface area (Å²) in [6.45, 7) is 2.24. The molecule has 1 aliphatic rings. The molecule has 0 aromatic heterocycles. The molecule has 0 bridgehead atoms. The minimum atomic E-state index is -0.958. The standard InChI is InChI=1S/C37H48Br2N4O10/c1-52-35(50)11-19-42(17-9-33(46)47)21-15-40-31(44)7-13-37(29-23-25(38)3-5-27(29)28-6-4-26(39)24-30(28)37)14-8-32(45)41-16-22-43(18-10-34(48)49)20-12-36(51)53-2/h3-6,23-24H,7-22H2,1-2H3,(H,40,44)(H,41,45)(H,46,47)(H,48,49). The van der Waals surface area contributed by atoms with E-state index >= 15 is 0 Å². The lowest BCUT2D eigenvalue weighted by Crippen LogP contribution is -2.38. The molecule has 2 aromatic rings. The zero-order valence-electron chi connectivity index (χ0n) is 30.1. The van der Waals surface area contributed by atoms with E-state index in [4.69, 9.17) is 19.7 Å². The molecule has 0 heterocycles. The third kappa shape index (κ3) is 13.8. The van der Waals surface area contributed by atoms with Gasteiger partial charge in [0, 0.05) is 79.6 Å². The highest BCUT2D eigenvalue weighted by atomic mass is 79.9. The van der Waals surface area contributed by atoms with Gasteiger partial charge >= 0.3 is 23.9 Å². The summed E-state index contributed by atoms with van der Waals surface area (Å²) in [5.74, 6) is -3.13. The van der Waals surface area contributed by atoms with E-state index in [-0.39, 0.29) is 76.5 Å². The van der Waals surface area contributed by atoms with E-state index in [0.717, 1.165) is 31.2 Å². The quantitative estimate of drug-likeness (QED) is 0.111. The second-order valence-corrected chi connectivity index (χ2v) is 14.6. The number of methoxy groups -OCH3 is 2. The van der Waals surface area contributed by atoms with Crippen LogP contribution >= 0.6 is 31.9 Å². The third-order valence-electron chi connectivity index (χ3n) is 9.35. The number of nitrogens with zero attached hydrogens (tertiary/aromatic N) is 2. The van der Waals surface area contributed by atoms with Gasteiger partial charge in [0.25, 0.3) is 0 Å². The molecule has 1 aliphatic carbocycles. The third-order valence-corrected chi connectivity index (χ3v) is 10.3. The Labute approximate surface area is 326 Å². The molecule has 0 atom stereocenters. The van der Waals surface area contributed by atoms with Crippen LogP contribution in [0.1, 0.15) is 62.5 Å². The van der Waals surface area contributed by atoms with E-state index in [1.54, 1.807) is 9.80 Å². The van der Waals surface area contributed by atoms with E-state index in [9.17, 15) is 28.8 Å². The van der Waals surface area contributed by atoms with Crippen LogP contribution in [-0.4, -0.2) is 122 Å². The Morgan fingerprint density at radius 1 is 0.604 bits per heavy atom. The molecule has 14 nitrogen and oxygen atoms in total. The number of fused-ring (bicyclic) bond motifs is 3. The lowest BCUT2D eigenvalue weighted by atomic mass is 9.71. The Morgan fingerprint density at radius 2 is 0.981 bits per heavy atom. The van der Waals surface area contributed by atoms with E-state index < -0.39 is 29.3 Å². The minimum Gasteiger partial charge on any atom is -0.481 e. The van der Waals surface area contributed by atoms with Crippen LogP contribution in [0.3, 0.4) is 0 Å². The van der Waals surface area contributed by atoms with Gasteiger partial charge in [-0.3, -0.25) is 28.8 Å². The molecular formula is C37H48Br2N4O10. The van der Waals surface area contributed by atoms with Gasteiger partial charge < -0.3 is 40.1 Å². The molecule has 2 amide bonds. The molecule has 0 saturated heterocycles. The van der Waals surface area contributed by atoms with Crippen molar-refractivity contribution in [2.75, 3.05) is 66.6 Å². The SMILES string of the molecule is COC(=O)CCN(CCNC(=O)CCC1(CCC(=O)NCCN(CCC(=O)O)CCC(=O)OC)c2cc(Br)ccc2-c2ccc(Br)cc21)CCC(=O)O. The van der Waals surface area contributed by atoms with Crippen LogP contribution in [0, 0.1) is 0 Å². The second kappa shape index (κ2) is 21.7. The molecule has 2 aromatic carbocycles. The van der Waals surface area contributed by atoms with Gasteiger partial charge in [-0.15, -0.1) is 0 Å². The van der Waals surface area contributed by atoms with Crippen LogP contribution in [0.25, 0.3) is 11.1 Å². The second-order valence-electron chi connectivity index (χ2n) is 12.8. The average molecular weight is 869 g/mol. The van der Waals surface area contributed by atoms with Crippen LogP contribution in [0.15, 0.2) is 45.3 Å². The number of aliphatic carboxylic acids is 2. The van der Waals surface area contributed by atoms with Crippen molar-refractivity contribution in [2.45, 2.75) is 56.8 Å². The Hall–Kier alpha value is -3.86. The maximum Gasteiger partial charge on any atom is 0.306 e. The van der Waals surface area contributed by atoms with Crippen molar-refractivity contribution < 1.29 is 48.5 Å². The van der Waals surface area contributed by atoms with Gasteiger partial charge in [-0.1, -0.05) is 44.0 Å². The smallest absolute Gasteiger partial charge is 0.306 e. The molecule has 16 heteroatoms. The van der Waals surface area contributed by atoms with Gasteiger partial charge in [0.1, 0.15) is 0 Å². The molecule has 290 valence electrons. The molecule has 0 fully saturated rings. The van der Waals surface area contributed by atoms with Crippen molar-refractivity contribution in [1.82, 2.24) is 20.4 Å². The normalized spacial score (nSPS) is 12.6. The number of rotatable bonds is 24. The number of carbonyl (C=O) groups is 6. The lowest BCUT2D eigenvalue weighted by molar-refractivity contribution is -0.142. The zero-order chi connectivity index (χ0) is 39.0. The fraction of sp³-hybridized carbons (Fsp3) is 0.514. The van der Waals surface area contributed by atoms with Crippen LogP contribution in [0.4, 0.5) is 0 Å². The number of hydrogen-bond acceptors (Lipinski definition) is 10. The molecule has 0 spiro atoms. The van der Waals surface area contributed by atoms with Crippen molar-refractivity contribution in [3.8, 4) is 11.1 Å². The number of amides is 2. The van der Waals surface area contributed by atoms with Crippen LogP contribution in [0.2, 0.25) is 0 Å². The van der Waals surface area contributed by atoms with Gasteiger partial charge in [0.05, 0.1) is 39.9 Å². The predicted molar refractivity (Wildman–Crippen MR) is 203 cm³/mol. The minimum absolute atomic E-state index is 0.0997. The lowest BCUT2D eigenvalue weighted by Gasteiger charge is -2.32. The number of hydrogen-bond donors (Lipinski definition) is 4. The molecule has 53 heavy (non-hydrogen) atoms. The highest BCUT2D eigenvalue weighted by molar-refractivity contribution is 9.10. The Morgan fingerprint density at radius 3 is 1.34 bits per heavy atom. The summed E-state index contributed by atoms with van der Waals surface area (Å²) in [4.78, 5) is 75.9. The zero-order valence-corrected chi connectivity index (χ0v) is 33.3. The van der Waals surface area contributed by atoms with Crippen LogP contribution in [0.5, 0.6) is 0 Å². The highest BCUT2D eigenvalue weighted by Gasteiger charge is 2.43. The number of carboxylic acid groups (broad SMARTS) is 2. The number of halogens is 2. The first-order chi connectivity index (χ1) is 25.3. The maximum absolute atomic E-state index is 13.3. The number of esters is 2. The van der Waals surface area contributed by atoms with E-state index in [1.165, 1.54) is 14.2 Å². The number of carboxylic acids is 2. The van der Waals surface area contributed by atoms with Crippen LogP contribution < -0.4 is 10.6 Å². The summed E-state index contributed by atoms with van der Waals surface area (Å²) < 4.78 is 11.1. The van der Waals surface area contributed by atoms with E-state index in [1.807, 2.05) is 36.4 Å². The largest absolute Gasteiger partial charge is 0.481 e. The van der Waals surface area contributed by atoms with Crippen molar-refractivity contribution in [1.29, 1.82) is 0 Å². The first kappa shape index (κ1) is 43.5. The first-order valence-corrected chi connectivity index (χ1v) is 19.0.